The van der Waals surface area contributed by atoms with E-state index in [0.717, 1.165) is 18.2 Å². The van der Waals surface area contributed by atoms with Crippen LogP contribution in [-0.4, -0.2) is 29.4 Å². The summed E-state index contributed by atoms with van der Waals surface area (Å²) in [6, 6.07) is 0. The summed E-state index contributed by atoms with van der Waals surface area (Å²) in [6.45, 7) is 4.71. The molecule has 0 saturated carbocycles. The highest BCUT2D eigenvalue weighted by Crippen LogP contribution is 2.11. The first-order chi connectivity index (χ1) is 6.77. The van der Waals surface area contributed by atoms with E-state index < -0.39 is 0 Å². The highest BCUT2D eigenvalue weighted by Gasteiger charge is 2.17. The lowest BCUT2D eigenvalue weighted by atomic mass is 10.4. The Balaban J connectivity index is 2.33. The second-order valence-corrected chi connectivity index (χ2v) is 3.25. The molecule has 0 saturated heterocycles. The molecule has 0 atom stereocenters. The van der Waals surface area contributed by atoms with Crippen molar-refractivity contribution < 1.29 is 0 Å². The monoisotopic (exact) mass is 187 g/mol. The molecule has 14 heavy (non-hydrogen) atoms. The molecule has 0 aromatic rings. The molecule has 0 amide bonds. The fourth-order valence-electron chi connectivity index (χ4n) is 1.39. The average Bonchev–Trinajstić information content (AvgIpc) is 2.52. The Hall–Kier alpha value is -1.77. The van der Waals surface area contributed by atoms with Crippen LogP contribution in [0.4, 0.5) is 0 Å². The Kier molecular flexibility index (Phi) is 2.23. The molecule has 2 heterocycles. The van der Waals surface area contributed by atoms with Crippen molar-refractivity contribution in [1.29, 1.82) is 0 Å². The van der Waals surface area contributed by atoms with Crippen LogP contribution in [0.25, 0.3) is 0 Å². The van der Waals surface area contributed by atoms with Gasteiger partial charge in [-0.3, -0.25) is 0 Å². The van der Waals surface area contributed by atoms with E-state index >= 15 is 0 Å². The van der Waals surface area contributed by atoms with Crippen LogP contribution in [0, 0.1) is 0 Å². The Morgan fingerprint density at radius 1 is 1.36 bits per heavy atom. The summed E-state index contributed by atoms with van der Waals surface area (Å²) in [5.41, 5.74) is 0.770. The maximum Gasteiger partial charge on any atom is 0.210 e. The van der Waals surface area contributed by atoms with E-state index in [9.17, 15) is 0 Å². The Labute approximate surface area is 84.0 Å². The average molecular weight is 187 g/mol. The zero-order valence-corrected chi connectivity index (χ0v) is 8.22. The van der Waals surface area contributed by atoms with E-state index in [0.29, 0.717) is 0 Å². The predicted molar refractivity (Wildman–Crippen MR) is 58.5 cm³/mol. The summed E-state index contributed by atoms with van der Waals surface area (Å²) in [5, 5.41) is 0. The van der Waals surface area contributed by atoms with E-state index in [1.165, 1.54) is 0 Å². The van der Waals surface area contributed by atoms with E-state index in [1.807, 2.05) is 42.6 Å². The van der Waals surface area contributed by atoms with Gasteiger partial charge < -0.3 is 9.80 Å². The summed E-state index contributed by atoms with van der Waals surface area (Å²) in [4.78, 5) is 8.49. The van der Waals surface area contributed by atoms with Gasteiger partial charge in [0, 0.05) is 26.0 Å². The first-order valence-corrected chi connectivity index (χ1v) is 4.56. The summed E-state index contributed by atoms with van der Waals surface area (Å²) < 4.78 is 0. The molecule has 3 heteroatoms. The first-order valence-electron chi connectivity index (χ1n) is 4.56. The molecule has 0 unspecified atom stereocenters. The summed E-state index contributed by atoms with van der Waals surface area (Å²) in [7, 11) is 1.98. The van der Waals surface area contributed by atoms with Gasteiger partial charge in [0.05, 0.1) is 5.70 Å². The minimum absolute atomic E-state index is 0.770. The predicted octanol–water partition coefficient (Wildman–Crippen LogP) is 1.70. The zero-order valence-electron chi connectivity index (χ0n) is 8.22. The van der Waals surface area contributed by atoms with Gasteiger partial charge in [0.2, 0.25) is 5.96 Å². The summed E-state index contributed by atoms with van der Waals surface area (Å²) in [5.74, 6) is 0.922. The number of aliphatic imine (C=N–C) groups is 1. The number of hydrogen-bond acceptors (Lipinski definition) is 3. The standard InChI is InChI=1S/C11H13N3/c1-10-6-4-3-5-7-14-9-8-13(2)11(14)12-10/h3-6,8-9H,1,7H2,2H3/b5-3-,6-4-,12-11?. The van der Waals surface area contributed by atoms with Gasteiger partial charge in [-0.15, -0.1) is 0 Å². The maximum atomic E-state index is 4.42. The third-order valence-electron chi connectivity index (χ3n) is 2.12. The van der Waals surface area contributed by atoms with Crippen molar-refractivity contribution in [3.05, 3.63) is 49.0 Å². The van der Waals surface area contributed by atoms with Crippen LogP contribution in [0.5, 0.6) is 0 Å². The van der Waals surface area contributed by atoms with E-state index in [-0.39, 0.29) is 0 Å². The van der Waals surface area contributed by atoms with Gasteiger partial charge in [-0.1, -0.05) is 24.8 Å². The third kappa shape index (κ3) is 1.62. The summed E-state index contributed by atoms with van der Waals surface area (Å²) in [6.07, 6.45) is 12.0. The molecule has 2 aliphatic heterocycles. The number of hydrogen-bond donors (Lipinski definition) is 0. The molecule has 0 spiro atoms. The fraction of sp³-hybridized carbons (Fsp3) is 0.182. The van der Waals surface area contributed by atoms with Crippen molar-refractivity contribution in [1.82, 2.24) is 9.80 Å². The molecule has 0 aliphatic carbocycles. The molecular formula is C11H13N3. The van der Waals surface area contributed by atoms with Gasteiger partial charge in [-0.25, -0.2) is 4.99 Å². The SMILES string of the molecule is C=C1/C=C\C=C/CN2C=CN(C)C2=N1. The molecule has 2 rings (SSSR count). The fourth-order valence-corrected chi connectivity index (χ4v) is 1.39. The van der Waals surface area contributed by atoms with Crippen LogP contribution in [0.2, 0.25) is 0 Å². The third-order valence-corrected chi connectivity index (χ3v) is 2.12. The topological polar surface area (TPSA) is 18.8 Å². The van der Waals surface area contributed by atoms with Gasteiger partial charge in [0.1, 0.15) is 0 Å². The second kappa shape index (κ2) is 3.54. The molecular weight excluding hydrogens is 174 g/mol. The Bertz CT molecular complexity index is 361. The summed E-state index contributed by atoms with van der Waals surface area (Å²) >= 11 is 0. The number of nitrogens with zero attached hydrogens (tertiary/aromatic N) is 3. The van der Waals surface area contributed by atoms with Crippen LogP contribution in [0.1, 0.15) is 0 Å². The van der Waals surface area contributed by atoms with E-state index in [2.05, 4.69) is 22.5 Å². The first kappa shape index (κ1) is 8.81. The Morgan fingerprint density at radius 2 is 2.21 bits per heavy atom. The highest BCUT2D eigenvalue weighted by molar-refractivity contribution is 5.85. The lowest BCUT2D eigenvalue weighted by Gasteiger charge is -2.18. The smallest absolute Gasteiger partial charge is 0.210 e. The number of fused-ring (bicyclic) bond motifs is 1. The molecule has 2 aliphatic rings. The molecule has 0 fully saturated rings. The van der Waals surface area contributed by atoms with Crippen LogP contribution in [0.15, 0.2) is 54.0 Å². The number of rotatable bonds is 0. The van der Waals surface area contributed by atoms with Gasteiger partial charge in [-0.05, 0) is 6.08 Å². The van der Waals surface area contributed by atoms with Crippen LogP contribution in [-0.2, 0) is 0 Å². The van der Waals surface area contributed by atoms with Crippen molar-refractivity contribution in [2.45, 2.75) is 0 Å². The van der Waals surface area contributed by atoms with Gasteiger partial charge in [-0.2, -0.15) is 0 Å². The maximum absolute atomic E-state index is 4.42. The van der Waals surface area contributed by atoms with E-state index in [1.54, 1.807) is 0 Å². The number of allylic oxidation sites excluding steroid dienone is 3. The van der Waals surface area contributed by atoms with Crippen molar-refractivity contribution >= 4 is 5.96 Å². The largest absolute Gasteiger partial charge is 0.320 e. The van der Waals surface area contributed by atoms with Crippen LogP contribution in [0.3, 0.4) is 0 Å². The van der Waals surface area contributed by atoms with E-state index in [4.69, 9.17) is 0 Å². The molecule has 0 N–H and O–H groups in total. The second-order valence-electron chi connectivity index (χ2n) is 3.25. The van der Waals surface area contributed by atoms with Crippen molar-refractivity contribution in [2.75, 3.05) is 13.6 Å². The lowest BCUT2D eigenvalue weighted by Crippen LogP contribution is -2.31. The van der Waals surface area contributed by atoms with Gasteiger partial charge >= 0.3 is 0 Å². The lowest BCUT2D eigenvalue weighted by molar-refractivity contribution is 0.568. The van der Waals surface area contributed by atoms with Gasteiger partial charge in [0.25, 0.3) is 0 Å². The minimum Gasteiger partial charge on any atom is -0.320 e. The quantitative estimate of drug-likeness (QED) is 0.575. The number of guanidine groups is 1. The van der Waals surface area contributed by atoms with Crippen molar-refractivity contribution in [3.63, 3.8) is 0 Å². The van der Waals surface area contributed by atoms with Gasteiger partial charge in [0.15, 0.2) is 0 Å². The molecule has 0 bridgehead atoms. The van der Waals surface area contributed by atoms with Crippen molar-refractivity contribution in [2.24, 2.45) is 4.99 Å². The van der Waals surface area contributed by atoms with Crippen LogP contribution < -0.4 is 0 Å². The normalized spacial score (nSPS) is 24.9. The highest BCUT2D eigenvalue weighted by atomic mass is 15.4. The van der Waals surface area contributed by atoms with Crippen molar-refractivity contribution in [3.8, 4) is 0 Å². The van der Waals surface area contributed by atoms with Crippen LogP contribution >= 0.6 is 0 Å². The molecule has 72 valence electrons. The molecule has 0 aromatic carbocycles. The molecule has 0 radical (unpaired) electrons. The zero-order chi connectivity index (χ0) is 9.97. The Morgan fingerprint density at radius 3 is 3.07 bits per heavy atom. The minimum atomic E-state index is 0.770. The molecule has 3 nitrogen and oxygen atoms in total. The molecule has 0 aromatic heterocycles.